The maximum absolute atomic E-state index is 13.3. The molecular weight excluding hydrogens is 447 g/mol. The van der Waals surface area contributed by atoms with Crippen molar-refractivity contribution in [3.05, 3.63) is 86.7 Å². The molecule has 0 fully saturated rings. The van der Waals surface area contributed by atoms with Gasteiger partial charge in [0.1, 0.15) is 5.82 Å². The molecular formula is C26H31FN6O2. The molecule has 0 saturated carbocycles. The van der Waals surface area contributed by atoms with Gasteiger partial charge in [-0.25, -0.2) is 9.07 Å². The Labute approximate surface area is 203 Å². The van der Waals surface area contributed by atoms with Crippen LogP contribution in [0.1, 0.15) is 53.9 Å². The van der Waals surface area contributed by atoms with Crippen LogP contribution in [0.5, 0.6) is 0 Å². The second-order valence-corrected chi connectivity index (χ2v) is 8.96. The lowest BCUT2D eigenvalue weighted by atomic mass is 10.0. The Hall–Kier alpha value is -3.43. The lowest BCUT2D eigenvalue weighted by molar-refractivity contribution is 0.152. The number of rotatable bonds is 10. The van der Waals surface area contributed by atoms with Crippen LogP contribution in [-0.2, 0) is 13.1 Å². The van der Waals surface area contributed by atoms with Crippen LogP contribution < -0.4 is 5.56 Å². The maximum Gasteiger partial charge on any atom is 0.252 e. The molecule has 0 aliphatic heterocycles. The summed E-state index contributed by atoms with van der Waals surface area (Å²) >= 11 is 0. The van der Waals surface area contributed by atoms with E-state index in [-0.39, 0.29) is 24.0 Å². The number of aliphatic hydroxyl groups is 1. The third-order valence-corrected chi connectivity index (χ3v) is 6.28. The van der Waals surface area contributed by atoms with Crippen molar-refractivity contribution in [2.24, 2.45) is 0 Å². The Balaban J connectivity index is 1.66. The van der Waals surface area contributed by atoms with Crippen LogP contribution >= 0.6 is 0 Å². The smallest absolute Gasteiger partial charge is 0.252 e. The first-order chi connectivity index (χ1) is 16.9. The number of aliphatic hydroxyl groups excluding tert-OH is 1. The van der Waals surface area contributed by atoms with Gasteiger partial charge in [-0.15, -0.1) is 5.10 Å². The topological polar surface area (TPSA) is 99.9 Å². The van der Waals surface area contributed by atoms with Crippen molar-refractivity contribution in [3.8, 4) is 0 Å². The molecule has 0 unspecified atom stereocenters. The van der Waals surface area contributed by atoms with E-state index in [0.29, 0.717) is 43.9 Å². The minimum absolute atomic E-state index is 0.0416. The quantitative estimate of drug-likeness (QED) is 0.361. The first kappa shape index (κ1) is 24.7. The van der Waals surface area contributed by atoms with Gasteiger partial charge in [-0.2, -0.15) is 0 Å². The Kier molecular flexibility index (Phi) is 7.67. The van der Waals surface area contributed by atoms with E-state index >= 15 is 0 Å². The molecule has 0 aliphatic rings. The molecule has 0 radical (unpaired) electrons. The molecule has 184 valence electrons. The van der Waals surface area contributed by atoms with Gasteiger partial charge in [0, 0.05) is 25.3 Å². The number of fused-ring (bicyclic) bond motifs is 1. The number of hydrogen-bond acceptors (Lipinski definition) is 6. The van der Waals surface area contributed by atoms with E-state index in [1.165, 1.54) is 12.1 Å². The fourth-order valence-electron chi connectivity index (χ4n) is 4.62. The van der Waals surface area contributed by atoms with E-state index < -0.39 is 0 Å². The molecule has 2 aromatic heterocycles. The summed E-state index contributed by atoms with van der Waals surface area (Å²) in [6.07, 6.45) is 1.26. The van der Waals surface area contributed by atoms with E-state index in [1.54, 1.807) is 16.8 Å². The summed E-state index contributed by atoms with van der Waals surface area (Å²) in [6, 6.07) is 12.2. The summed E-state index contributed by atoms with van der Waals surface area (Å²) in [5.41, 5.74) is 4.43. The van der Waals surface area contributed by atoms with Gasteiger partial charge >= 0.3 is 0 Å². The number of nitrogens with one attached hydrogen (secondary N) is 1. The molecule has 0 amide bonds. The lowest BCUT2D eigenvalue weighted by Crippen LogP contribution is -2.34. The van der Waals surface area contributed by atoms with Crippen molar-refractivity contribution >= 4 is 10.9 Å². The summed E-state index contributed by atoms with van der Waals surface area (Å²) in [4.78, 5) is 18.2. The van der Waals surface area contributed by atoms with Crippen molar-refractivity contribution in [2.45, 2.75) is 52.7 Å². The first-order valence-electron chi connectivity index (χ1n) is 11.9. The summed E-state index contributed by atoms with van der Waals surface area (Å²) in [6.45, 7) is 7.49. The SMILES string of the molecule is CC[C@H](c1nnnn1Cc1ccc(F)cc1)N(CCCO)Cc1cc2cc(C)cc(C)c2[nH]c1=O. The van der Waals surface area contributed by atoms with Gasteiger partial charge in [0.05, 0.1) is 18.1 Å². The van der Waals surface area contributed by atoms with Gasteiger partial charge in [0.15, 0.2) is 5.82 Å². The van der Waals surface area contributed by atoms with Gasteiger partial charge in [-0.05, 0) is 77.9 Å². The number of tetrazole rings is 1. The Bertz CT molecular complexity index is 1350. The zero-order chi connectivity index (χ0) is 24.9. The molecule has 8 nitrogen and oxygen atoms in total. The highest BCUT2D eigenvalue weighted by molar-refractivity contribution is 5.82. The van der Waals surface area contributed by atoms with Crippen LogP contribution in [0.25, 0.3) is 10.9 Å². The number of pyridine rings is 1. The molecule has 0 bridgehead atoms. The van der Waals surface area contributed by atoms with Gasteiger partial charge in [-0.1, -0.05) is 30.7 Å². The molecule has 9 heteroatoms. The third-order valence-electron chi connectivity index (χ3n) is 6.28. The molecule has 35 heavy (non-hydrogen) atoms. The number of nitrogens with zero attached hydrogens (tertiary/aromatic N) is 5. The number of H-pyrrole nitrogens is 1. The second kappa shape index (κ2) is 10.9. The largest absolute Gasteiger partial charge is 0.396 e. The van der Waals surface area contributed by atoms with E-state index in [0.717, 1.165) is 27.6 Å². The average molecular weight is 479 g/mol. The highest BCUT2D eigenvalue weighted by Gasteiger charge is 2.25. The van der Waals surface area contributed by atoms with Crippen molar-refractivity contribution in [1.82, 2.24) is 30.1 Å². The second-order valence-electron chi connectivity index (χ2n) is 8.96. The molecule has 0 aliphatic carbocycles. The van der Waals surface area contributed by atoms with Crippen molar-refractivity contribution in [1.29, 1.82) is 0 Å². The van der Waals surface area contributed by atoms with Crippen LogP contribution in [0.2, 0.25) is 0 Å². The number of halogens is 1. The number of hydrogen-bond donors (Lipinski definition) is 2. The minimum Gasteiger partial charge on any atom is -0.396 e. The molecule has 2 N–H and O–H groups in total. The lowest BCUT2D eigenvalue weighted by Gasteiger charge is -2.30. The zero-order valence-electron chi connectivity index (χ0n) is 20.3. The standard InChI is InChI=1S/C26H31FN6O2/c1-4-23(25-29-30-31-33(25)15-19-6-8-22(27)9-7-19)32(10-5-11-34)16-21-14-20-13-17(2)12-18(3)24(20)28-26(21)35/h6-9,12-14,23,34H,4-5,10-11,15-16H2,1-3H3,(H,28,35)/t23-/m1/s1. The molecule has 4 rings (SSSR count). The van der Waals surface area contributed by atoms with Crippen LogP contribution in [0, 0.1) is 19.7 Å². The predicted molar refractivity (Wildman–Crippen MR) is 133 cm³/mol. The Morgan fingerprint density at radius 1 is 1.17 bits per heavy atom. The summed E-state index contributed by atoms with van der Waals surface area (Å²) in [7, 11) is 0. The number of aromatic amines is 1. The van der Waals surface area contributed by atoms with Gasteiger partial charge in [0.25, 0.3) is 5.56 Å². The fourth-order valence-corrected chi connectivity index (χ4v) is 4.62. The van der Waals surface area contributed by atoms with Gasteiger partial charge < -0.3 is 10.1 Å². The van der Waals surface area contributed by atoms with E-state index in [2.05, 4.69) is 37.5 Å². The van der Waals surface area contributed by atoms with Crippen molar-refractivity contribution in [3.63, 3.8) is 0 Å². The normalized spacial score (nSPS) is 12.5. The van der Waals surface area contributed by atoms with Crippen LogP contribution in [0.15, 0.2) is 47.3 Å². The van der Waals surface area contributed by atoms with Crippen molar-refractivity contribution < 1.29 is 9.50 Å². The van der Waals surface area contributed by atoms with Gasteiger partial charge in [0.2, 0.25) is 0 Å². The molecule has 2 heterocycles. The summed E-state index contributed by atoms with van der Waals surface area (Å²) < 4.78 is 15.0. The fraction of sp³-hybridized carbons (Fsp3) is 0.385. The zero-order valence-corrected chi connectivity index (χ0v) is 20.3. The molecule has 0 saturated heterocycles. The van der Waals surface area contributed by atoms with Crippen LogP contribution in [0.4, 0.5) is 4.39 Å². The predicted octanol–water partition coefficient (Wildman–Crippen LogP) is 3.65. The Morgan fingerprint density at radius 3 is 2.66 bits per heavy atom. The first-order valence-corrected chi connectivity index (χ1v) is 11.9. The van der Waals surface area contributed by atoms with E-state index in [1.807, 2.05) is 26.8 Å². The minimum atomic E-state index is -0.293. The molecule has 0 spiro atoms. The summed E-state index contributed by atoms with van der Waals surface area (Å²) in [5, 5.41) is 22.9. The maximum atomic E-state index is 13.3. The van der Waals surface area contributed by atoms with Gasteiger partial charge in [-0.3, -0.25) is 9.69 Å². The number of benzene rings is 2. The Morgan fingerprint density at radius 2 is 1.94 bits per heavy atom. The molecule has 1 atom stereocenters. The molecule has 4 aromatic rings. The highest BCUT2D eigenvalue weighted by atomic mass is 19.1. The van der Waals surface area contributed by atoms with E-state index in [4.69, 9.17) is 0 Å². The molecule has 2 aromatic carbocycles. The van der Waals surface area contributed by atoms with Crippen LogP contribution in [0.3, 0.4) is 0 Å². The monoisotopic (exact) mass is 478 g/mol. The number of aromatic nitrogens is 5. The highest BCUT2D eigenvalue weighted by Crippen LogP contribution is 2.26. The third kappa shape index (κ3) is 5.63. The average Bonchev–Trinajstić information content (AvgIpc) is 3.28. The van der Waals surface area contributed by atoms with Crippen molar-refractivity contribution in [2.75, 3.05) is 13.2 Å². The number of aryl methyl sites for hydroxylation is 2. The summed E-state index contributed by atoms with van der Waals surface area (Å²) in [5.74, 6) is 0.372. The van der Waals surface area contributed by atoms with Crippen LogP contribution in [-0.4, -0.2) is 48.3 Å². The van der Waals surface area contributed by atoms with E-state index in [9.17, 15) is 14.3 Å².